The zero-order valence-corrected chi connectivity index (χ0v) is 12.0. The van der Waals surface area contributed by atoms with Gasteiger partial charge in [0.2, 0.25) is 11.6 Å². The largest absolute Gasteiger partial charge is 0.492 e. The molecular formula is C15H14F4N2O. The number of hydrogen-bond acceptors (Lipinski definition) is 3. The average Bonchev–Trinajstić information content (AvgIpc) is 2.45. The summed E-state index contributed by atoms with van der Waals surface area (Å²) in [5, 5.41) is 0. The first-order valence-corrected chi connectivity index (χ1v) is 6.50. The van der Waals surface area contributed by atoms with E-state index < -0.39 is 29.2 Å². The number of halogens is 4. The highest BCUT2D eigenvalue weighted by atomic mass is 19.2. The summed E-state index contributed by atoms with van der Waals surface area (Å²) in [6.07, 6.45) is 0. The lowest BCUT2D eigenvalue weighted by atomic mass is 10.2. The van der Waals surface area contributed by atoms with E-state index in [1.54, 1.807) is 18.2 Å². The first-order chi connectivity index (χ1) is 10.4. The molecule has 2 rings (SSSR count). The van der Waals surface area contributed by atoms with E-state index >= 15 is 0 Å². The van der Waals surface area contributed by atoms with Crippen molar-refractivity contribution in [3.05, 3.63) is 53.4 Å². The van der Waals surface area contributed by atoms with Crippen LogP contribution in [-0.2, 0) is 0 Å². The molecule has 0 amide bonds. The zero-order valence-electron chi connectivity index (χ0n) is 12.0. The second-order valence-corrected chi connectivity index (χ2v) is 4.76. The van der Waals surface area contributed by atoms with Crippen LogP contribution in [-0.4, -0.2) is 25.2 Å². The van der Waals surface area contributed by atoms with Crippen LogP contribution < -0.4 is 9.64 Å². The van der Waals surface area contributed by atoms with Crippen molar-refractivity contribution >= 4 is 5.69 Å². The summed E-state index contributed by atoms with van der Waals surface area (Å²) in [7, 11) is 1.31. The Morgan fingerprint density at radius 2 is 1.73 bits per heavy atom. The number of ether oxygens (including phenoxy) is 1. The fourth-order valence-electron chi connectivity index (χ4n) is 1.93. The van der Waals surface area contributed by atoms with E-state index in [0.29, 0.717) is 5.75 Å². The molecule has 0 saturated heterocycles. The van der Waals surface area contributed by atoms with Gasteiger partial charge in [-0.3, -0.25) is 0 Å². The maximum atomic E-state index is 13.6. The second-order valence-electron chi connectivity index (χ2n) is 4.76. The molecule has 3 nitrogen and oxygen atoms in total. The molecule has 118 valence electrons. The third-order valence-electron chi connectivity index (χ3n) is 3.04. The minimum absolute atomic E-state index is 0.0324. The monoisotopic (exact) mass is 314 g/mol. The Bertz CT molecular complexity index is 653. The summed E-state index contributed by atoms with van der Waals surface area (Å²) in [5.41, 5.74) is 0.194. The van der Waals surface area contributed by atoms with Crippen LogP contribution in [0.2, 0.25) is 0 Å². The SMILES string of the molecule is Cc1cccc(OCCN(C)c2c(F)c(F)nc(F)c2F)c1. The van der Waals surface area contributed by atoms with Gasteiger partial charge >= 0.3 is 0 Å². The Hall–Kier alpha value is -2.31. The Morgan fingerprint density at radius 1 is 1.09 bits per heavy atom. The molecule has 1 aromatic carbocycles. The van der Waals surface area contributed by atoms with Crippen LogP contribution in [0.5, 0.6) is 5.75 Å². The van der Waals surface area contributed by atoms with Gasteiger partial charge in [-0.05, 0) is 24.6 Å². The maximum absolute atomic E-state index is 13.6. The van der Waals surface area contributed by atoms with Gasteiger partial charge < -0.3 is 9.64 Å². The predicted molar refractivity (Wildman–Crippen MR) is 74.0 cm³/mol. The highest BCUT2D eigenvalue weighted by Crippen LogP contribution is 2.25. The lowest BCUT2D eigenvalue weighted by Gasteiger charge is -2.20. The van der Waals surface area contributed by atoms with E-state index in [9.17, 15) is 17.6 Å². The maximum Gasteiger partial charge on any atom is 0.253 e. The van der Waals surface area contributed by atoms with Gasteiger partial charge in [-0.25, -0.2) is 0 Å². The van der Waals surface area contributed by atoms with E-state index in [0.717, 1.165) is 10.5 Å². The van der Waals surface area contributed by atoms with Crippen LogP contribution in [0.1, 0.15) is 5.56 Å². The Labute approximate surface area is 125 Å². The van der Waals surface area contributed by atoms with Crippen molar-refractivity contribution in [2.75, 3.05) is 25.1 Å². The van der Waals surface area contributed by atoms with Gasteiger partial charge in [0.15, 0.2) is 0 Å². The number of pyridine rings is 1. The summed E-state index contributed by atoms with van der Waals surface area (Å²) in [6.45, 7) is 2.02. The molecule has 0 unspecified atom stereocenters. The van der Waals surface area contributed by atoms with Crippen molar-refractivity contribution < 1.29 is 22.3 Å². The molecule has 0 N–H and O–H groups in total. The first kappa shape index (κ1) is 16.1. The molecule has 1 aromatic heterocycles. The van der Waals surface area contributed by atoms with E-state index in [-0.39, 0.29) is 13.2 Å². The number of anilines is 1. The minimum Gasteiger partial charge on any atom is -0.492 e. The second kappa shape index (κ2) is 6.64. The molecule has 0 aliphatic heterocycles. The molecule has 1 heterocycles. The number of aryl methyl sites for hydroxylation is 1. The predicted octanol–water partition coefficient (Wildman–Crippen LogP) is 3.46. The molecule has 0 aliphatic carbocycles. The van der Waals surface area contributed by atoms with E-state index in [4.69, 9.17) is 4.74 Å². The fourth-order valence-corrected chi connectivity index (χ4v) is 1.93. The van der Waals surface area contributed by atoms with Gasteiger partial charge in [0.25, 0.3) is 11.9 Å². The number of likely N-dealkylation sites (N-methyl/N-ethyl adjacent to an activating group) is 1. The summed E-state index contributed by atoms with van der Waals surface area (Å²) in [5.74, 6) is -5.82. The molecule has 0 radical (unpaired) electrons. The average molecular weight is 314 g/mol. The molecule has 7 heteroatoms. The molecule has 0 fully saturated rings. The van der Waals surface area contributed by atoms with Crippen LogP contribution in [0.15, 0.2) is 24.3 Å². The van der Waals surface area contributed by atoms with Crippen LogP contribution in [0.3, 0.4) is 0 Å². The molecule has 22 heavy (non-hydrogen) atoms. The van der Waals surface area contributed by atoms with Crippen molar-refractivity contribution in [1.82, 2.24) is 4.98 Å². The number of benzene rings is 1. The van der Waals surface area contributed by atoms with Gasteiger partial charge in [0.05, 0.1) is 6.54 Å². The summed E-state index contributed by atoms with van der Waals surface area (Å²) in [4.78, 5) is 3.55. The summed E-state index contributed by atoms with van der Waals surface area (Å²) < 4.78 is 58.7. The normalized spacial score (nSPS) is 10.6. The topological polar surface area (TPSA) is 25.4 Å². The smallest absolute Gasteiger partial charge is 0.253 e. The zero-order chi connectivity index (χ0) is 16.3. The molecular weight excluding hydrogens is 300 g/mol. The van der Waals surface area contributed by atoms with Crippen molar-refractivity contribution in [2.24, 2.45) is 0 Å². The first-order valence-electron chi connectivity index (χ1n) is 6.50. The highest BCUT2D eigenvalue weighted by Gasteiger charge is 2.23. The molecule has 0 saturated carbocycles. The number of hydrogen-bond donors (Lipinski definition) is 0. The van der Waals surface area contributed by atoms with Gasteiger partial charge in [-0.2, -0.15) is 22.5 Å². The fraction of sp³-hybridized carbons (Fsp3) is 0.267. The van der Waals surface area contributed by atoms with Gasteiger partial charge in [0, 0.05) is 7.05 Å². The highest BCUT2D eigenvalue weighted by molar-refractivity contribution is 5.47. The standard InChI is InChI=1S/C15H14F4N2O/c1-9-4-3-5-10(8-9)22-7-6-21(2)13-11(16)14(18)20-15(19)12(13)17/h3-5,8H,6-7H2,1-2H3. The lowest BCUT2D eigenvalue weighted by molar-refractivity contribution is 0.323. The van der Waals surface area contributed by atoms with Crippen LogP contribution in [0, 0.1) is 30.5 Å². The van der Waals surface area contributed by atoms with Gasteiger partial charge in [0.1, 0.15) is 18.0 Å². The number of nitrogens with zero attached hydrogens (tertiary/aromatic N) is 2. The quantitative estimate of drug-likeness (QED) is 0.624. The van der Waals surface area contributed by atoms with Gasteiger partial charge in [-0.15, -0.1) is 0 Å². The van der Waals surface area contributed by atoms with Crippen LogP contribution in [0.25, 0.3) is 0 Å². The van der Waals surface area contributed by atoms with E-state index in [2.05, 4.69) is 4.98 Å². The lowest BCUT2D eigenvalue weighted by Crippen LogP contribution is -2.27. The Morgan fingerprint density at radius 3 is 2.32 bits per heavy atom. The van der Waals surface area contributed by atoms with E-state index in [1.165, 1.54) is 7.05 Å². The van der Waals surface area contributed by atoms with Gasteiger partial charge in [-0.1, -0.05) is 12.1 Å². The molecule has 0 bridgehead atoms. The molecule has 0 spiro atoms. The molecule has 2 aromatic rings. The van der Waals surface area contributed by atoms with Crippen molar-refractivity contribution in [3.63, 3.8) is 0 Å². The molecule has 0 aliphatic rings. The number of rotatable bonds is 5. The Kier molecular flexibility index (Phi) is 4.85. The minimum atomic E-state index is -1.68. The van der Waals surface area contributed by atoms with Crippen molar-refractivity contribution in [1.29, 1.82) is 0 Å². The van der Waals surface area contributed by atoms with E-state index in [1.807, 2.05) is 13.0 Å². The third kappa shape index (κ3) is 3.47. The third-order valence-corrected chi connectivity index (χ3v) is 3.04. The number of aromatic nitrogens is 1. The summed E-state index contributed by atoms with van der Waals surface area (Å²) >= 11 is 0. The van der Waals surface area contributed by atoms with Crippen molar-refractivity contribution in [3.8, 4) is 5.75 Å². The molecule has 0 atom stereocenters. The van der Waals surface area contributed by atoms with Crippen molar-refractivity contribution in [2.45, 2.75) is 6.92 Å². The Balaban J connectivity index is 2.05. The summed E-state index contributed by atoms with van der Waals surface area (Å²) in [6, 6.07) is 7.24. The van der Waals surface area contributed by atoms with Crippen LogP contribution >= 0.6 is 0 Å². The van der Waals surface area contributed by atoms with Crippen LogP contribution in [0.4, 0.5) is 23.2 Å².